The van der Waals surface area contributed by atoms with Gasteiger partial charge in [-0.05, 0) is 26.4 Å². The van der Waals surface area contributed by atoms with Gasteiger partial charge in [-0.25, -0.2) is 0 Å². The Balaban J connectivity index is 3.80. The standard InChI is InChI=1S/C12H26N2/c1-5-8-12(11-13-9-6-2)14(4)10-7-3/h7,12-13H,3,5-6,8-11H2,1-2,4H3. The maximum absolute atomic E-state index is 3.78. The predicted octanol–water partition coefficient (Wildman–Crippen LogP) is 2.27. The van der Waals surface area contributed by atoms with Gasteiger partial charge in [-0.1, -0.05) is 26.3 Å². The highest BCUT2D eigenvalue weighted by atomic mass is 15.1. The third-order valence-corrected chi connectivity index (χ3v) is 2.47. The minimum atomic E-state index is 0.657. The maximum atomic E-state index is 3.78. The van der Waals surface area contributed by atoms with E-state index in [9.17, 15) is 0 Å². The van der Waals surface area contributed by atoms with E-state index in [-0.39, 0.29) is 0 Å². The fourth-order valence-corrected chi connectivity index (χ4v) is 1.61. The first-order chi connectivity index (χ1) is 6.76. The molecule has 0 aliphatic heterocycles. The topological polar surface area (TPSA) is 15.3 Å². The van der Waals surface area contributed by atoms with Crippen LogP contribution in [0.25, 0.3) is 0 Å². The van der Waals surface area contributed by atoms with Crippen molar-refractivity contribution in [1.82, 2.24) is 10.2 Å². The first-order valence-electron chi connectivity index (χ1n) is 5.78. The molecule has 84 valence electrons. The Morgan fingerprint density at radius 1 is 1.36 bits per heavy atom. The molecule has 0 saturated carbocycles. The van der Waals surface area contributed by atoms with Gasteiger partial charge in [-0.15, -0.1) is 6.58 Å². The van der Waals surface area contributed by atoms with Gasteiger partial charge in [0.25, 0.3) is 0 Å². The summed E-state index contributed by atoms with van der Waals surface area (Å²) in [5.74, 6) is 0. The second kappa shape index (κ2) is 9.22. The van der Waals surface area contributed by atoms with Crippen molar-refractivity contribution in [2.24, 2.45) is 0 Å². The van der Waals surface area contributed by atoms with Crippen LogP contribution in [0.4, 0.5) is 0 Å². The number of rotatable bonds is 9. The van der Waals surface area contributed by atoms with Crippen molar-refractivity contribution in [2.75, 3.05) is 26.7 Å². The van der Waals surface area contributed by atoms with Crippen molar-refractivity contribution in [3.63, 3.8) is 0 Å². The van der Waals surface area contributed by atoms with Crippen molar-refractivity contribution in [3.05, 3.63) is 12.7 Å². The van der Waals surface area contributed by atoms with E-state index in [4.69, 9.17) is 0 Å². The first kappa shape index (κ1) is 13.7. The Hall–Kier alpha value is -0.340. The summed E-state index contributed by atoms with van der Waals surface area (Å²) < 4.78 is 0. The fraction of sp³-hybridized carbons (Fsp3) is 0.833. The third-order valence-electron chi connectivity index (χ3n) is 2.47. The summed E-state index contributed by atoms with van der Waals surface area (Å²) in [6.07, 6.45) is 5.70. The Bertz CT molecular complexity index is 134. The molecule has 0 spiro atoms. The molecule has 2 heteroatoms. The van der Waals surface area contributed by atoms with Gasteiger partial charge in [-0.3, -0.25) is 4.90 Å². The van der Waals surface area contributed by atoms with Gasteiger partial charge < -0.3 is 5.32 Å². The van der Waals surface area contributed by atoms with E-state index in [1.807, 2.05) is 6.08 Å². The largest absolute Gasteiger partial charge is 0.315 e. The smallest absolute Gasteiger partial charge is 0.0220 e. The van der Waals surface area contributed by atoms with Crippen molar-refractivity contribution < 1.29 is 0 Å². The van der Waals surface area contributed by atoms with Crippen molar-refractivity contribution >= 4 is 0 Å². The van der Waals surface area contributed by atoms with E-state index in [0.29, 0.717) is 6.04 Å². The summed E-state index contributed by atoms with van der Waals surface area (Å²) in [6.45, 7) is 11.4. The van der Waals surface area contributed by atoms with Crippen LogP contribution in [0.3, 0.4) is 0 Å². The van der Waals surface area contributed by atoms with E-state index in [0.717, 1.165) is 19.6 Å². The molecule has 2 nitrogen and oxygen atoms in total. The molecule has 0 aliphatic carbocycles. The van der Waals surface area contributed by atoms with Gasteiger partial charge in [0.15, 0.2) is 0 Å². The van der Waals surface area contributed by atoms with E-state index in [1.165, 1.54) is 19.3 Å². The van der Waals surface area contributed by atoms with Crippen LogP contribution in [-0.2, 0) is 0 Å². The molecule has 0 fully saturated rings. The molecule has 1 unspecified atom stereocenters. The van der Waals surface area contributed by atoms with Gasteiger partial charge in [0, 0.05) is 19.1 Å². The average molecular weight is 198 g/mol. The zero-order valence-corrected chi connectivity index (χ0v) is 10.1. The van der Waals surface area contributed by atoms with Crippen LogP contribution >= 0.6 is 0 Å². The zero-order chi connectivity index (χ0) is 10.8. The summed E-state index contributed by atoms with van der Waals surface area (Å²) in [5, 5.41) is 3.48. The van der Waals surface area contributed by atoms with E-state index in [1.54, 1.807) is 0 Å². The van der Waals surface area contributed by atoms with Gasteiger partial charge >= 0.3 is 0 Å². The molecule has 1 atom stereocenters. The lowest BCUT2D eigenvalue weighted by Crippen LogP contribution is -2.40. The molecule has 0 radical (unpaired) electrons. The molecule has 0 aromatic carbocycles. The lowest BCUT2D eigenvalue weighted by molar-refractivity contribution is 0.244. The Kier molecular flexibility index (Phi) is 9.00. The van der Waals surface area contributed by atoms with Crippen LogP contribution in [-0.4, -0.2) is 37.6 Å². The van der Waals surface area contributed by atoms with Crippen LogP contribution < -0.4 is 5.32 Å². The Labute approximate surface area is 89.4 Å². The molecule has 1 N–H and O–H groups in total. The molecule has 0 bridgehead atoms. The second-order valence-corrected chi connectivity index (χ2v) is 3.87. The van der Waals surface area contributed by atoms with Crippen LogP contribution in [0, 0.1) is 0 Å². The molecular weight excluding hydrogens is 172 g/mol. The fourth-order valence-electron chi connectivity index (χ4n) is 1.61. The molecule has 14 heavy (non-hydrogen) atoms. The average Bonchev–Trinajstić information content (AvgIpc) is 2.17. The highest BCUT2D eigenvalue weighted by molar-refractivity contribution is 4.78. The molecule has 0 aromatic heterocycles. The SMILES string of the molecule is C=CCN(C)C(CCC)CNCCC. The van der Waals surface area contributed by atoms with Gasteiger partial charge in [0.1, 0.15) is 0 Å². The van der Waals surface area contributed by atoms with Crippen molar-refractivity contribution in [3.8, 4) is 0 Å². The van der Waals surface area contributed by atoms with E-state index < -0.39 is 0 Å². The minimum Gasteiger partial charge on any atom is -0.315 e. The second-order valence-electron chi connectivity index (χ2n) is 3.87. The number of likely N-dealkylation sites (N-methyl/N-ethyl adjacent to an activating group) is 1. The zero-order valence-electron chi connectivity index (χ0n) is 10.1. The molecule has 0 rings (SSSR count). The lowest BCUT2D eigenvalue weighted by atomic mass is 10.1. The summed E-state index contributed by atoms with van der Waals surface area (Å²) in [5.41, 5.74) is 0. The van der Waals surface area contributed by atoms with Crippen LogP contribution in [0.1, 0.15) is 33.1 Å². The van der Waals surface area contributed by atoms with Gasteiger partial charge in [0.05, 0.1) is 0 Å². The van der Waals surface area contributed by atoms with E-state index in [2.05, 4.69) is 37.7 Å². The number of hydrogen-bond donors (Lipinski definition) is 1. The third kappa shape index (κ3) is 6.17. The van der Waals surface area contributed by atoms with E-state index >= 15 is 0 Å². The van der Waals surface area contributed by atoms with Crippen LogP contribution in [0.2, 0.25) is 0 Å². The summed E-state index contributed by atoms with van der Waals surface area (Å²) in [7, 11) is 2.18. The number of hydrogen-bond acceptors (Lipinski definition) is 2. The molecule has 0 saturated heterocycles. The highest BCUT2D eigenvalue weighted by Gasteiger charge is 2.11. The molecular formula is C12H26N2. The van der Waals surface area contributed by atoms with Crippen LogP contribution in [0.15, 0.2) is 12.7 Å². The molecule has 0 aliphatic rings. The highest BCUT2D eigenvalue weighted by Crippen LogP contribution is 2.03. The Morgan fingerprint density at radius 2 is 2.07 bits per heavy atom. The maximum Gasteiger partial charge on any atom is 0.0220 e. The molecule has 0 aromatic rings. The Morgan fingerprint density at radius 3 is 2.57 bits per heavy atom. The monoisotopic (exact) mass is 198 g/mol. The number of nitrogens with one attached hydrogen (secondary N) is 1. The van der Waals surface area contributed by atoms with Gasteiger partial charge in [0.2, 0.25) is 0 Å². The quantitative estimate of drug-likeness (QED) is 0.452. The first-order valence-corrected chi connectivity index (χ1v) is 5.78. The molecule has 0 amide bonds. The lowest BCUT2D eigenvalue weighted by Gasteiger charge is -2.27. The van der Waals surface area contributed by atoms with Crippen molar-refractivity contribution in [2.45, 2.75) is 39.2 Å². The molecule has 0 heterocycles. The summed E-state index contributed by atoms with van der Waals surface area (Å²) in [6, 6.07) is 0.657. The minimum absolute atomic E-state index is 0.657. The number of nitrogens with zero attached hydrogens (tertiary/aromatic N) is 1. The predicted molar refractivity (Wildman–Crippen MR) is 64.7 cm³/mol. The van der Waals surface area contributed by atoms with Gasteiger partial charge in [-0.2, -0.15) is 0 Å². The van der Waals surface area contributed by atoms with Crippen molar-refractivity contribution in [1.29, 1.82) is 0 Å². The van der Waals surface area contributed by atoms with Crippen LogP contribution in [0.5, 0.6) is 0 Å². The summed E-state index contributed by atoms with van der Waals surface area (Å²) in [4.78, 5) is 2.37. The normalized spacial score (nSPS) is 13.1. The summed E-state index contributed by atoms with van der Waals surface area (Å²) >= 11 is 0.